The summed E-state index contributed by atoms with van der Waals surface area (Å²) < 4.78 is 0. The number of carboxylic acid groups (broad SMARTS) is 1. The fourth-order valence-electron chi connectivity index (χ4n) is 5.26. The van der Waals surface area contributed by atoms with Crippen molar-refractivity contribution in [3.8, 4) is 0 Å². The zero-order valence-corrected chi connectivity index (χ0v) is 15.9. The van der Waals surface area contributed by atoms with Crippen molar-refractivity contribution in [2.24, 2.45) is 11.3 Å². The first-order chi connectivity index (χ1) is 13.0. The maximum absolute atomic E-state index is 12.7. The van der Waals surface area contributed by atoms with Gasteiger partial charge in [-0.2, -0.15) is 0 Å². The summed E-state index contributed by atoms with van der Waals surface area (Å²) in [5.41, 5.74) is 0.584. The molecule has 3 fully saturated rings. The molecule has 4 atom stereocenters. The third kappa shape index (κ3) is 3.31. The van der Waals surface area contributed by atoms with Crippen molar-refractivity contribution >= 4 is 12.0 Å². The number of urea groups is 1. The summed E-state index contributed by atoms with van der Waals surface area (Å²) in [7, 11) is 0. The van der Waals surface area contributed by atoms with Gasteiger partial charge >= 0.3 is 12.0 Å². The van der Waals surface area contributed by atoms with Crippen molar-refractivity contribution in [3.05, 3.63) is 35.9 Å². The number of fused-ring (bicyclic) bond motifs is 1. The lowest BCUT2D eigenvalue weighted by atomic mass is 9.81. The van der Waals surface area contributed by atoms with Crippen molar-refractivity contribution in [2.75, 3.05) is 26.2 Å². The monoisotopic (exact) mass is 371 g/mol. The highest BCUT2D eigenvalue weighted by Crippen LogP contribution is 2.48. The van der Waals surface area contributed by atoms with Gasteiger partial charge in [0, 0.05) is 38.3 Å². The van der Waals surface area contributed by atoms with Crippen LogP contribution in [0.2, 0.25) is 0 Å². The molecule has 2 heterocycles. The first-order valence-electron chi connectivity index (χ1n) is 10.1. The topological polar surface area (TPSA) is 72.9 Å². The van der Waals surface area contributed by atoms with Gasteiger partial charge in [-0.25, -0.2) is 4.79 Å². The lowest BCUT2D eigenvalue weighted by Gasteiger charge is -2.26. The molecular weight excluding hydrogens is 342 g/mol. The Morgan fingerprint density at radius 2 is 2.00 bits per heavy atom. The maximum Gasteiger partial charge on any atom is 0.317 e. The number of rotatable bonds is 4. The normalized spacial score (nSPS) is 31.7. The van der Waals surface area contributed by atoms with Gasteiger partial charge in [0.1, 0.15) is 0 Å². The number of amides is 2. The van der Waals surface area contributed by atoms with E-state index in [1.807, 2.05) is 6.07 Å². The number of aliphatic carboxylic acids is 1. The number of hydrogen-bond donors (Lipinski definition) is 2. The summed E-state index contributed by atoms with van der Waals surface area (Å²) in [4.78, 5) is 28.7. The molecule has 0 radical (unpaired) electrons. The van der Waals surface area contributed by atoms with E-state index in [0.29, 0.717) is 25.6 Å². The Labute approximate surface area is 160 Å². The molecule has 0 bridgehead atoms. The van der Waals surface area contributed by atoms with E-state index in [0.717, 1.165) is 32.4 Å². The predicted octanol–water partition coefficient (Wildman–Crippen LogP) is 2.72. The largest absolute Gasteiger partial charge is 0.481 e. The second-order valence-corrected chi connectivity index (χ2v) is 8.45. The zero-order valence-electron chi connectivity index (χ0n) is 15.9. The molecule has 2 aliphatic heterocycles. The van der Waals surface area contributed by atoms with Crippen molar-refractivity contribution in [1.29, 1.82) is 0 Å². The molecule has 2 N–H and O–H groups in total. The van der Waals surface area contributed by atoms with E-state index in [-0.39, 0.29) is 18.0 Å². The molecule has 2 saturated heterocycles. The summed E-state index contributed by atoms with van der Waals surface area (Å²) >= 11 is 0. The number of benzene rings is 1. The summed E-state index contributed by atoms with van der Waals surface area (Å²) in [6, 6.07) is 10.8. The van der Waals surface area contributed by atoms with E-state index in [2.05, 4.69) is 41.4 Å². The Morgan fingerprint density at radius 3 is 2.70 bits per heavy atom. The summed E-state index contributed by atoms with van der Waals surface area (Å²) in [5.74, 6) is -0.622. The minimum absolute atomic E-state index is 0.0933. The van der Waals surface area contributed by atoms with Gasteiger partial charge in [0.15, 0.2) is 0 Å². The van der Waals surface area contributed by atoms with Crippen LogP contribution in [0.25, 0.3) is 0 Å². The van der Waals surface area contributed by atoms with Crippen LogP contribution in [0.3, 0.4) is 0 Å². The highest BCUT2D eigenvalue weighted by Gasteiger charge is 2.56. The third-order valence-corrected chi connectivity index (χ3v) is 6.96. The van der Waals surface area contributed by atoms with E-state index in [1.165, 1.54) is 5.56 Å². The Bertz CT molecular complexity index is 710. The van der Waals surface area contributed by atoms with E-state index < -0.39 is 11.4 Å². The zero-order chi connectivity index (χ0) is 19.0. The van der Waals surface area contributed by atoms with Crippen LogP contribution < -0.4 is 5.32 Å². The smallest absolute Gasteiger partial charge is 0.317 e. The van der Waals surface area contributed by atoms with Gasteiger partial charge in [-0.05, 0) is 37.7 Å². The van der Waals surface area contributed by atoms with Gasteiger partial charge < -0.3 is 15.3 Å². The van der Waals surface area contributed by atoms with Crippen molar-refractivity contribution < 1.29 is 14.7 Å². The lowest BCUT2D eigenvalue weighted by molar-refractivity contribution is -0.149. The molecule has 146 valence electrons. The van der Waals surface area contributed by atoms with Gasteiger partial charge in [0.25, 0.3) is 0 Å². The number of nitrogens with one attached hydrogen (secondary N) is 1. The second kappa shape index (κ2) is 7.15. The molecule has 2 unspecified atom stereocenters. The van der Waals surface area contributed by atoms with Crippen LogP contribution in [0.1, 0.15) is 44.2 Å². The van der Waals surface area contributed by atoms with Crippen LogP contribution in [0.4, 0.5) is 4.79 Å². The molecule has 0 spiro atoms. The Hall–Kier alpha value is -2.08. The summed E-state index contributed by atoms with van der Waals surface area (Å²) in [6.07, 6.45) is 3.51. The standard InChI is InChI=1S/C21H29N3O3/c1-15(16-6-3-2-4-7-16)23-11-9-18(13-23)22-20(27)24-12-17-8-5-10-21(17,14-24)19(25)26/h2-4,6-7,15,17-18H,5,8-14H2,1H3,(H,22,27)(H,25,26)/t15?,17-,18?,21+/m0/s1. The van der Waals surface area contributed by atoms with Gasteiger partial charge in [-0.15, -0.1) is 0 Å². The van der Waals surface area contributed by atoms with E-state index in [4.69, 9.17) is 0 Å². The van der Waals surface area contributed by atoms with Crippen molar-refractivity contribution in [1.82, 2.24) is 15.1 Å². The van der Waals surface area contributed by atoms with Crippen LogP contribution in [-0.4, -0.2) is 59.1 Å². The summed E-state index contributed by atoms with van der Waals surface area (Å²) in [6.45, 7) is 4.94. The highest BCUT2D eigenvalue weighted by atomic mass is 16.4. The first-order valence-corrected chi connectivity index (χ1v) is 10.1. The third-order valence-electron chi connectivity index (χ3n) is 6.96. The van der Waals surface area contributed by atoms with Gasteiger partial charge in [0.2, 0.25) is 0 Å². The fraction of sp³-hybridized carbons (Fsp3) is 0.619. The average Bonchev–Trinajstić information content (AvgIpc) is 3.36. The lowest BCUT2D eigenvalue weighted by Crippen LogP contribution is -2.46. The Morgan fingerprint density at radius 1 is 1.22 bits per heavy atom. The Balaban J connectivity index is 1.33. The van der Waals surface area contributed by atoms with Crippen molar-refractivity contribution in [2.45, 2.75) is 44.7 Å². The molecule has 6 heteroatoms. The van der Waals surface area contributed by atoms with Gasteiger partial charge in [-0.1, -0.05) is 36.8 Å². The van der Waals surface area contributed by atoms with Crippen molar-refractivity contribution in [3.63, 3.8) is 0 Å². The Kier molecular flexibility index (Phi) is 4.84. The average molecular weight is 371 g/mol. The molecule has 1 aromatic rings. The minimum atomic E-state index is -0.732. The predicted molar refractivity (Wildman–Crippen MR) is 102 cm³/mol. The van der Waals surface area contributed by atoms with Crippen LogP contribution in [0.5, 0.6) is 0 Å². The number of carbonyl (C=O) groups excluding carboxylic acids is 1. The number of carbonyl (C=O) groups is 2. The fourth-order valence-corrected chi connectivity index (χ4v) is 5.26. The molecular formula is C21H29N3O3. The SMILES string of the molecule is CC(c1ccccc1)N1CCC(NC(=O)N2C[C@@H]3CCC[C@@]3(C(=O)O)C2)C1. The molecule has 1 aromatic carbocycles. The van der Waals surface area contributed by atoms with Crippen LogP contribution in [0, 0.1) is 11.3 Å². The molecule has 27 heavy (non-hydrogen) atoms. The molecule has 2 amide bonds. The van der Waals surface area contributed by atoms with Crippen LogP contribution in [0.15, 0.2) is 30.3 Å². The van der Waals surface area contributed by atoms with Crippen LogP contribution in [-0.2, 0) is 4.79 Å². The second-order valence-electron chi connectivity index (χ2n) is 8.45. The highest BCUT2D eigenvalue weighted by molar-refractivity contribution is 5.80. The maximum atomic E-state index is 12.7. The molecule has 0 aromatic heterocycles. The van der Waals surface area contributed by atoms with Gasteiger partial charge in [0.05, 0.1) is 5.41 Å². The number of nitrogens with zero attached hydrogens (tertiary/aromatic N) is 2. The number of likely N-dealkylation sites (tertiary alicyclic amines) is 2. The van der Waals surface area contributed by atoms with Gasteiger partial charge in [-0.3, -0.25) is 9.69 Å². The number of carboxylic acids is 1. The molecule has 6 nitrogen and oxygen atoms in total. The van der Waals surface area contributed by atoms with E-state index in [1.54, 1.807) is 4.90 Å². The molecule has 1 aliphatic carbocycles. The minimum Gasteiger partial charge on any atom is -0.481 e. The van der Waals surface area contributed by atoms with E-state index >= 15 is 0 Å². The quantitative estimate of drug-likeness (QED) is 0.854. The van der Waals surface area contributed by atoms with E-state index in [9.17, 15) is 14.7 Å². The number of hydrogen-bond acceptors (Lipinski definition) is 3. The summed E-state index contributed by atoms with van der Waals surface area (Å²) in [5, 5.41) is 12.9. The molecule has 3 aliphatic rings. The molecule has 4 rings (SSSR count). The molecule has 1 saturated carbocycles. The first kappa shape index (κ1) is 18.3. The van der Waals surface area contributed by atoms with Crippen LogP contribution >= 0.6 is 0 Å².